The second-order valence-electron chi connectivity index (χ2n) is 6.09. The monoisotopic (exact) mass is 357 g/mol. The Hall–Kier alpha value is -2.73. The van der Waals surface area contributed by atoms with Crippen LogP contribution in [-0.4, -0.2) is 41.3 Å². The van der Waals surface area contributed by atoms with E-state index >= 15 is 0 Å². The molecule has 0 amide bonds. The maximum absolute atomic E-state index is 12.7. The van der Waals surface area contributed by atoms with Crippen molar-refractivity contribution in [1.29, 1.82) is 0 Å². The van der Waals surface area contributed by atoms with Gasteiger partial charge in [0.1, 0.15) is 6.61 Å². The highest BCUT2D eigenvalue weighted by atomic mass is 16.5. The van der Waals surface area contributed by atoms with Gasteiger partial charge < -0.3 is 14.6 Å². The summed E-state index contributed by atoms with van der Waals surface area (Å²) >= 11 is 0. The summed E-state index contributed by atoms with van der Waals surface area (Å²) in [6, 6.07) is 9.11. The van der Waals surface area contributed by atoms with Crippen molar-refractivity contribution in [3.63, 3.8) is 0 Å². The first-order chi connectivity index (χ1) is 12.4. The molecule has 0 aliphatic carbocycles. The third-order valence-electron chi connectivity index (χ3n) is 3.70. The maximum Gasteiger partial charge on any atom is 0.340 e. The second kappa shape index (κ2) is 8.58. The normalized spacial score (nSPS) is 10.7. The molecule has 6 nitrogen and oxygen atoms in total. The maximum atomic E-state index is 12.7. The van der Waals surface area contributed by atoms with Crippen molar-refractivity contribution >= 4 is 11.9 Å². The molecule has 1 aromatic carbocycles. The lowest BCUT2D eigenvalue weighted by atomic mass is 9.92. The molecule has 0 aliphatic heterocycles. The van der Waals surface area contributed by atoms with Gasteiger partial charge in [-0.2, -0.15) is 0 Å². The molecule has 26 heavy (non-hydrogen) atoms. The topological polar surface area (TPSA) is 85.7 Å². The highest BCUT2D eigenvalue weighted by Gasteiger charge is 2.28. The number of benzene rings is 1. The second-order valence-corrected chi connectivity index (χ2v) is 6.09. The van der Waals surface area contributed by atoms with Crippen LogP contribution in [0, 0.1) is 13.8 Å². The molecular weight excluding hydrogens is 334 g/mol. The number of carbonyl (C=O) groups is 2. The predicted octanol–water partition coefficient (Wildman–Crippen LogP) is 3.08. The number of hydrogen-bond donors (Lipinski definition) is 1. The van der Waals surface area contributed by atoms with E-state index in [0.717, 1.165) is 0 Å². The lowest BCUT2D eigenvalue weighted by Gasteiger charge is -2.18. The Morgan fingerprint density at radius 3 is 2.15 bits per heavy atom. The minimum Gasteiger partial charge on any atom is -0.460 e. The summed E-state index contributed by atoms with van der Waals surface area (Å²) < 4.78 is 10.5. The van der Waals surface area contributed by atoms with Gasteiger partial charge in [0.2, 0.25) is 0 Å². The zero-order valence-corrected chi connectivity index (χ0v) is 15.4. The number of ether oxygens (including phenoxy) is 2. The van der Waals surface area contributed by atoms with Crippen molar-refractivity contribution in [1.82, 2.24) is 4.98 Å². The SMILES string of the molecule is Cc1nc(C)c(C(=O)OC(C)C)c(-c2ccccc2)c1C(=O)OCCO. The van der Waals surface area contributed by atoms with Gasteiger partial charge in [-0.15, -0.1) is 0 Å². The molecule has 1 N–H and O–H groups in total. The minimum absolute atomic E-state index is 0.133. The average Bonchev–Trinajstić information content (AvgIpc) is 2.59. The summed E-state index contributed by atoms with van der Waals surface area (Å²) in [5, 5.41) is 8.94. The van der Waals surface area contributed by atoms with E-state index in [1.165, 1.54) is 0 Å². The number of pyridine rings is 1. The number of nitrogens with zero attached hydrogens (tertiary/aromatic N) is 1. The summed E-state index contributed by atoms with van der Waals surface area (Å²) in [6.07, 6.45) is -0.309. The zero-order chi connectivity index (χ0) is 19.3. The third kappa shape index (κ3) is 4.26. The van der Waals surface area contributed by atoms with Crippen molar-refractivity contribution in [2.24, 2.45) is 0 Å². The fourth-order valence-corrected chi connectivity index (χ4v) is 2.73. The van der Waals surface area contributed by atoms with Crippen LogP contribution in [0.2, 0.25) is 0 Å². The van der Waals surface area contributed by atoms with E-state index in [1.54, 1.807) is 27.7 Å². The van der Waals surface area contributed by atoms with Crippen molar-refractivity contribution in [3.05, 3.63) is 52.8 Å². The molecule has 0 unspecified atom stereocenters. The lowest BCUT2D eigenvalue weighted by molar-refractivity contribution is 0.0377. The van der Waals surface area contributed by atoms with Gasteiger partial charge in [0.15, 0.2) is 0 Å². The summed E-state index contributed by atoms with van der Waals surface area (Å²) in [5.74, 6) is -1.18. The largest absolute Gasteiger partial charge is 0.460 e. The highest BCUT2D eigenvalue weighted by Crippen LogP contribution is 2.32. The van der Waals surface area contributed by atoms with Crippen molar-refractivity contribution in [2.45, 2.75) is 33.8 Å². The fraction of sp³-hybridized carbons (Fsp3) is 0.350. The van der Waals surface area contributed by atoms with Gasteiger partial charge in [-0.25, -0.2) is 9.59 Å². The molecule has 0 saturated heterocycles. The number of esters is 2. The number of aliphatic hydroxyl groups is 1. The van der Waals surface area contributed by atoms with E-state index in [9.17, 15) is 9.59 Å². The quantitative estimate of drug-likeness (QED) is 0.800. The highest BCUT2D eigenvalue weighted by molar-refractivity contribution is 6.07. The molecule has 2 rings (SSSR count). The first kappa shape index (κ1) is 19.6. The summed E-state index contributed by atoms with van der Waals surface area (Å²) in [4.78, 5) is 29.7. The van der Waals surface area contributed by atoms with Gasteiger partial charge >= 0.3 is 11.9 Å². The number of aryl methyl sites for hydroxylation is 2. The van der Waals surface area contributed by atoms with Gasteiger partial charge in [-0.3, -0.25) is 4.98 Å². The van der Waals surface area contributed by atoms with E-state index < -0.39 is 11.9 Å². The van der Waals surface area contributed by atoms with E-state index in [-0.39, 0.29) is 30.4 Å². The molecular formula is C20H23NO5. The van der Waals surface area contributed by atoms with Crippen LogP contribution in [0.15, 0.2) is 30.3 Å². The first-order valence-corrected chi connectivity index (χ1v) is 8.42. The van der Waals surface area contributed by atoms with Crippen molar-refractivity contribution in [3.8, 4) is 11.1 Å². The lowest BCUT2D eigenvalue weighted by Crippen LogP contribution is -2.20. The molecule has 0 saturated carbocycles. The summed E-state index contributed by atoms with van der Waals surface area (Å²) in [5.41, 5.74) is 2.49. The van der Waals surface area contributed by atoms with E-state index in [2.05, 4.69) is 4.98 Å². The molecule has 0 radical (unpaired) electrons. The number of carbonyl (C=O) groups excluding carboxylic acids is 2. The van der Waals surface area contributed by atoms with Gasteiger partial charge in [-0.1, -0.05) is 30.3 Å². The van der Waals surface area contributed by atoms with Crippen LogP contribution < -0.4 is 0 Å². The van der Waals surface area contributed by atoms with E-state index in [1.807, 2.05) is 30.3 Å². The standard InChI is InChI=1S/C20H23NO5/c1-12(2)26-20(24)17-14(4)21-13(3)16(19(23)25-11-10-22)18(17)15-8-6-5-7-9-15/h5-9,12,22H,10-11H2,1-4H3. The number of aromatic nitrogens is 1. The predicted molar refractivity (Wildman–Crippen MR) is 97.1 cm³/mol. The zero-order valence-electron chi connectivity index (χ0n) is 15.4. The van der Waals surface area contributed by atoms with Crippen LogP contribution in [0.25, 0.3) is 11.1 Å². The summed E-state index contributed by atoms with van der Waals surface area (Å²) in [6.45, 7) is 6.49. The molecule has 0 fully saturated rings. The molecule has 6 heteroatoms. The molecule has 2 aromatic rings. The number of hydrogen-bond acceptors (Lipinski definition) is 6. The van der Waals surface area contributed by atoms with Crippen molar-refractivity contribution in [2.75, 3.05) is 13.2 Å². The van der Waals surface area contributed by atoms with Crippen molar-refractivity contribution < 1.29 is 24.2 Å². The fourth-order valence-electron chi connectivity index (χ4n) is 2.73. The Morgan fingerprint density at radius 1 is 1.04 bits per heavy atom. The summed E-state index contributed by atoms with van der Waals surface area (Å²) in [7, 11) is 0. The van der Waals surface area contributed by atoms with Gasteiger partial charge in [0.25, 0.3) is 0 Å². The Morgan fingerprint density at radius 2 is 1.62 bits per heavy atom. The third-order valence-corrected chi connectivity index (χ3v) is 3.70. The van der Waals surface area contributed by atoms with Gasteiger partial charge in [-0.05, 0) is 33.3 Å². The Kier molecular flexibility index (Phi) is 6.46. The van der Waals surface area contributed by atoms with Crippen LogP contribution in [0.4, 0.5) is 0 Å². The van der Waals surface area contributed by atoms with Gasteiger partial charge in [0, 0.05) is 5.56 Å². The Labute approximate surface area is 152 Å². The molecule has 0 aliphatic rings. The minimum atomic E-state index is -0.638. The van der Waals surface area contributed by atoms with E-state index in [4.69, 9.17) is 14.6 Å². The Bertz CT molecular complexity index is 800. The van der Waals surface area contributed by atoms with Crippen LogP contribution in [0.3, 0.4) is 0 Å². The average molecular weight is 357 g/mol. The molecule has 0 atom stereocenters. The van der Waals surface area contributed by atoms with E-state index in [0.29, 0.717) is 22.5 Å². The number of rotatable bonds is 6. The molecule has 138 valence electrons. The number of aliphatic hydroxyl groups excluding tert-OH is 1. The molecule has 1 heterocycles. The van der Waals surface area contributed by atoms with Gasteiger partial charge in [0.05, 0.1) is 35.2 Å². The molecule has 1 aromatic heterocycles. The van der Waals surface area contributed by atoms with Crippen LogP contribution in [0.5, 0.6) is 0 Å². The molecule has 0 bridgehead atoms. The smallest absolute Gasteiger partial charge is 0.340 e. The van der Waals surface area contributed by atoms with Crippen LogP contribution >= 0.6 is 0 Å². The first-order valence-electron chi connectivity index (χ1n) is 8.42. The Balaban J connectivity index is 2.75. The van der Waals surface area contributed by atoms with Crippen LogP contribution in [0.1, 0.15) is 46.0 Å². The van der Waals surface area contributed by atoms with Crippen LogP contribution in [-0.2, 0) is 9.47 Å². The molecule has 0 spiro atoms.